The van der Waals surface area contributed by atoms with Crippen LogP contribution in [0.25, 0.3) is 0 Å². The maximum atomic E-state index is 12.9. The number of aliphatic hydroxyl groups is 5. The second-order valence-corrected chi connectivity index (χ2v) is 16.5. The summed E-state index contributed by atoms with van der Waals surface area (Å²) in [5.41, 5.74) is 0. The van der Waals surface area contributed by atoms with Crippen LogP contribution in [0, 0.1) is 0 Å². The fraction of sp³-hybridized carbons (Fsp3) is 0.679. The van der Waals surface area contributed by atoms with Crippen LogP contribution in [0.15, 0.2) is 97.2 Å². The van der Waals surface area contributed by atoms with Gasteiger partial charge in [0.1, 0.15) is 24.4 Å². The van der Waals surface area contributed by atoms with Crippen molar-refractivity contribution in [1.82, 2.24) is 5.32 Å². The molecule has 0 aliphatic carbocycles. The molecule has 1 fully saturated rings. The van der Waals surface area contributed by atoms with Gasteiger partial charge in [-0.25, -0.2) is 0 Å². The molecule has 354 valence electrons. The van der Waals surface area contributed by atoms with E-state index in [0.29, 0.717) is 6.42 Å². The lowest BCUT2D eigenvalue weighted by Gasteiger charge is -2.40. The Hall–Kier alpha value is -2.89. The Kier molecular flexibility index (Phi) is 38.8. The van der Waals surface area contributed by atoms with Crippen molar-refractivity contribution in [3.63, 3.8) is 0 Å². The molecule has 1 rings (SSSR count). The first-order chi connectivity index (χ1) is 30.3. The quantitative estimate of drug-likeness (QED) is 0.0264. The number of ether oxygens (including phenoxy) is 2. The Labute approximate surface area is 377 Å². The lowest BCUT2D eigenvalue weighted by molar-refractivity contribution is -0.302. The van der Waals surface area contributed by atoms with Gasteiger partial charge in [0.05, 0.1) is 25.4 Å². The molecular weight excluding hydrogens is 779 g/mol. The zero-order valence-electron chi connectivity index (χ0n) is 38.8. The number of rotatable bonds is 39. The van der Waals surface area contributed by atoms with Gasteiger partial charge < -0.3 is 40.3 Å². The lowest BCUT2D eigenvalue weighted by atomic mass is 9.99. The van der Waals surface area contributed by atoms with Crippen molar-refractivity contribution in [2.75, 3.05) is 13.2 Å². The van der Waals surface area contributed by atoms with E-state index in [1.54, 1.807) is 6.08 Å². The summed E-state index contributed by atoms with van der Waals surface area (Å²) in [6, 6.07) is -0.808. The monoisotopic (exact) mass is 868 g/mol. The van der Waals surface area contributed by atoms with Crippen LogP contribution in [0.3, 0.4) is 0 Å². The highest BCUT2D eigenvalue weighted by molar-refractivity contribution is 5.76. The number of carbonyl (C=O) groups excluding carboxylic acids is 1. The molecule has 0 aromatic rings. The van der Waals surface area contributed by atoms with Crippen LogP contribution in [0.2, 0.25) is 0 Å². The van der Waals surface area contributed by atoms with Gasteiger partial charge in [0.15, 0.2) is 6.29 Å². The minimum atomic E-state index is -1.57. The highest BCUT2D eigenvalue weighted by atomic mass is 16.7. The number of aliphatic hydroxyl groups excluding tert-OH is 5. The Morgan fingerprint density at radius 2 is 1.00 bits per heavy atom. The Bertz CT molecular complexity index is 1280. The smallest absolute Gasteiger partial charge is 0.220 e. The molecule has 9 heteroatoms. The van der Waals surface area contributed by atoms with Crippen LogP contribution in [0.1, 0.15) is 174 Å². The number of nitrogens with one attached hydrogen (secondary N) is 1. The Morgan fingerprint density at radius 1 is 0.565 bits per heavy atom. The number of unbranched alkanes of at least 4 members (excludes halogenated alkanes) is 15. The topological polar surface area (TPSA) is 149 Å². The Balaban J connectivity index is 2.11. The van der Waals surface area contributed by atoms with Crippen LogP contribution < -0.4 is 5.32 Å². The van der Waals surface area contributed by atoms with E-state index in [4.69, 9.17) is 9.47 Å². The molecule has 1 aliphatic rings. The van der Waals surface area contributed by atoms with Crippen molar-refractivity contribution in [2.24, 2.45) is 0 Å². The minimum absolute atomic E-state index is 0.192. The lowest BCUT2D eigenvalue weighted by Crippen LogP contribution is -2.60. The van der Waals surface area contributed by atoms with E-state index >= 15 is 0 Å². The molecule has 1 saturated heterocycles. The van der Waals surface area contributed by atoms with E-state index < -0.39 is 49.5 Å². The van der Waals surface area contributed by atoms with E-state index in [1.165, 1.54) is 51.4 Å². The molecule has 6 N–H and O–H groups in total. The molecule has 0 aromatic heterocycles. The summed E-state index contributed by atoms with van der Waals surface area (Å²) in [4.78, 5) is 12.9. The molecule has 9 nitrogen and oxygen atoms in total. The van der Waals surface area contributed by atoms with Crippen LogP contribution in [-0.2, 0) is 14.3 Å². The highest BCUT2D eigenvalue weighted by Crippen LogP contribution is 2.22. The minimum Gasteiger partial charge on any atom is -0.394 e. The highest BCUT2D eigenvalue weighted by Gasteiger charge is 2.44. The van der Waals surface area contributed by atoms with Gasteiger partial charge in [-0.15, -0.1) is 0 Å². The molecule has 0 aromatic carbocycles. The van der Waals surface area contributed by atoms with Crippen molar-refractivity contribution < 1.29 is 39.8 Å². The van der Waals surface area contributed by atoms with Gasteiger partial charge in [0.2, 0.25) is 5.91 Å². The number of carbonyl (C=O) groups is 1. The number of allylic oxidation sites excluding steroid dienone is 15. The normalized spacial score (nSPS) is 21.2. The first kappa shape index (κ1) is 57.1. The van der Waals surface area contributed by atoms with Gasteiger partial charge in [-0.1, -0.05) is 188 Å². The van der Waals surface area contributed by atoms with E-state index in [2.05, 4.69) is 104 Å². The molecule has 7 atom stereocenters. The summed E-state index contributed by atoms with van der Waals surface area (Å²) in [6.07, 6.45) is 53.6. The van der Waals surface area contributed by atoms with E-state index in [1.807, 2.05) is 6.08 Å². The summed E-state index contributed by atoms with van der Waals surface area (Å²) >= 11 is 0. The predicted octanol–water partition coefficient (Wildman–Crippen LogP) is 10.9. The summed E-state index contributed by atoms with van der Waals surface area (Å²) in [5, 5.41) is 53.8. The van der Waals surface area contributed by atoms with Crippen molar-refractivity contribution >= 4 is 5.91 Å². The summed E-state index contributed by atoms with van der Waals surface area (Å²) < 4.78 is 11.1. The number of hydrogen-bond acceptors (Lipinski definition) is 8. The maximum Gasteiger partial charge on any atom is 0.220 e. The van der Waals surface area contributed by atoms with E-state index in [0.717, 1.165) is 103 Å². The van der Waals surface area contributed by atoms with E-state index in [-0.39, 0.29) is 12.5 Å². The van der Waals surface area contributed by atoms with Gasteiger partial charge in [-0.2, -0.15) is 0 Å². The van der Waals surface area contributed by atoms with Gasteiger partial charge in [0, 0.05) is 6.42 Å². The van der Waals surface area contributed by atoms with Crippen LogP contribution >= 0.6 is 0 Å². The van der Waals surface area contributed by atoms with Gasteiger partial charge in [0.25, 0.3) is 0 Å². The second kappa shape index (κ2) is 42.1. The molecule has 0 spiro atoms. The fourth-order valence-corrected chi connectivity index (χ4v) is 7.02. The molecule has 0 bridgehead atoms. The first-order valence-corrected chi connectivity index (χ1v) is 24.5. The van der Waals surface area contributed by atoms with Crippen molar-refractivity contribution in [2.45, 2.75) is 217 Å². The van der Waals surface area contributed by atoms with Gasteiger partial charge >= 0.3 is 0 Å². The first-order valence-electron chi connectivity index (χ1n) is 24.5. The fourth-order valence-electron chi connectivity index (χ4n) is 7.02. The van der Waals surface area contributed by atoms with Crippen molar-refractivity contribution in [3.05, 3.63) is 97.2 Å². The van der Waals surface area contributed by atoms with Gasteiger partial charge in [-0.05, 0) is 77.0 Å². The molecule has 0 saturated carbocycles. The molecule has 1 amide bonds. The summed E-state index contributed by atoms with van der Waals surface area (Å²) in [5.74, 6) is -0.192. The third-order valence-corrected chi connectivity index (χ3v) is 10.9. The number of amides is 1. The molecule has 7 unspecified atom stereocenters. The summed E-state index contributed by atoms with van der Waals surface area (Å²) in [7, 11) is 0. The van der Waals surface area contributed by atoms with Crippen LogP contribution in [-0.4, -0.2) is 87.5 Å². The van der Waals surface area contributed by atoms with Crippen LogP contribution in [0.5, 0.6) is 0 Å². The third-order valence-electron chi connectivity index (χ3n) is 10.9. The maximum absolute atomic E-state index is 12.9. The number of hydrogen-bond donors (Lipinski definition) is 6. The van der Waals surface area contributed by atoms with Crippen molar-refractivity contribution in [3.8, 4) is 0 Å². The SMILES string of the molecule is CC/C=C\C/C=C\C/C=C\C/C=C\C/C=C\C/C=C\C/C=C\CCCCCCCCCCCCCC(=O)NC(COC1OC(CO)C(O)C(O)C1O)C(O)/C=C/CCCCCC. The van der Waals surface area contributed by atoms with Gasteiger partial charge in [-0.3, -0.25) is 4.79 Å². The zero-order chi connectivity index (χ0) is 45.1. The molecule has 1 aliphatic heterocycles. The Morgan fingerprint density at radius 3 is 1.48 bits per heavy atom. The average Bonchev–Trinajstić information content (AvgIpc) is 3.27. The standard InChI is InChI=1S/C53H89NO8/c1-3-5-7-9-11-12-13-14-15-16-17-18-19-20-21-22-23-24-25-26-27-28-29-30-31-32-33-34-35-36-37-39-41-43-49(57)54-46(47(56)42-40-38-10-8-6-4-2)45-61-53-52(60)51(59)50(58)48(44-55)62-53/h5,7,11-12,14-15,17-18,20-21,23-24,26-27,40,42,46-48,50-53,55-56,58-60H,3-4,6,8-10,13,16,19,22,25,28-39,41,43-45H2,1-2H3,(H,54,57)/b7-5-,12-11-,15-14-,18-17-,21-20-,24-23-,27-26-,42-40+. The average molecular weight is 868 g/mol. The second-order valence-electron chi connectivity index (χ2n) is 16.5. The molecule has 1 heterocycles. The van der Waals surface area contributed by atoms with Crippen molar-refractivity contribution in [1.29, 1.82) is 0 Å². The predicted molar refractivity (Wildman–Crippen MR) is 258 cm³/mol. The summed E-state index contributed by atoms with van der Waals surface area (Å²) in [6.45, 7) is 3.55. The molecular formula is C53H89NO8. The van der Waals surface area contributed by atoms with Crippen LogP contribution in [0.4, 0.5) is 0 Å². The largest absolute Gasteiger partial charge is 0.394 e. The molecule has 0 radical (unpaired) electrons. The van der Waals surface area contributed by atoms with E-state index in [9.17, 15) is 30.3 Å². The third kappa shape index (κ3) is 31.9. The molecule has 62 heavy (non-hydrogen) atoms. The zero-order valence-corrected chi connectivity index (χ0v) is 38.8.